The molecular formula is C20H16F3N3O2S. The Hall–Kier alpha value is -3.07. The number of aryl methyl sites for hydroxylation is 1. The van der Waals surface area contributed by atoms with Gasteiger partial charge in [0, 0.05) is 17.4 Å². The van der Waals surface area contributed by atoms with E-state index in [0.29, 0.717) is 16.5 Å². The van der Waals surface area contributed by atoms with E-state index in [0.717, 1.165) is 23.9 Å². The molecule has 0 saturated carbocycles. The number of thioether (sulfide) groups is 1. The van der Waals surface area contributed by atoms with Gasteiger partial charge in [-0.3, -0.25) is 14.2 Å². The SMILES string of the molecule is Cc1cc(=O)n(-c2ccccc2)c(SCC(=O)Nc2ccc(C(F)(F)F)cc2)n1. The Balaban J connectivity index is 1.73. The number of nitrogens with one attached hydrogen (secondary N) is 1. The summed E-state index contributed by atoms with van der Waals surface area (Å²) in [5.41, 5.74) is 0.333. The molecule has 0 spiro atoms. The molecule has 0 fully saturated rings. The van der Waals surface area contributed by atoms with E-state index in [2.05, 4.69) is 10.3 Å². The van der Waals surface area contributed by atoms with Crippen LogP contribution in [0.1, 0.15) is 11.3 Å². The summed E-state index contributed by atoms with van der Waals surface area (Å²) in [6, 6.07) is 14.5. The Morgan fingerprint density at radius 1 is 1.10 bits per heavy atom. The van der Waals surface area contributed by atoms with Crippen LogP contribution in [0.2, 0.25) is 0 Å². The normalized spacial score (nSPS) is 11.3. The lowest BCUT2D eigenvalue weighted by atomic mass is 10.2. The number of alkyl halides is 3. The lowest BCUT2D eigenvalue weighted by Crippen LogP contribution is -2.22. The molecule has 3 rings (SSSR count). The lowest BCUT2D eigenvalue weighted by molar-refractivity contribution is -0.137. The average molecular weight is 419 g/mol. The van der Waals surface area contributed by atoms with E-state index in [-0.39, 0.29) is 17.0 Å². The van der Waals surface area contributed by atoms with Gasteiger partial charge < -0.3 is 5.32 Å². The van der Waals surface area contributed by atoms with E-state index in [1.807, 2.05) is 6.07 Å². The summed E-state index contributed by atoms with van der Waals surface area (Å²) in [5, 5.41) is 2.89. The number of aromatic nitrogens is 2. The van der Waals surface area contributed by atoms with Gasteiger partial charge in [-0.1, -0.05) is 30.0 Å². The van der Waals surface area contributed by atoms with Crippen molar-refractivity contribution in [2.24, 2.45) is 0 Å². The molecule has 0 aliphatic rings. The number of hydrogen-bond donors (Lipinski definition) is 1. The van der Waals surface area contributed by atoms with E-state index in [1.165, 1.54) is 22.8 Å². The van der Waals surface area contributed by atoms with E-state index >= 15 is 0 Å². The summed E-state index contributed by atoms with van der Waals surface area (Å²) in [4.78, 5) is 29.0. The largest absolute Gasteiger partial charge is 0.416 e. The van der Waals surface area contributed by atoms with Gasteiger partial charge in [-0.05, 0) is 43.3 Å². The Bertz CT molecular complexity index is 1070. The first-order chi connectivity index (χ1) is 13.7. The Morgan fingerprint density at radius 3 is 2.38 bits per heavy atom. The lowest BCUT2D eigenvalue weighted by Gasteiger charge is -2.12. The minimum atomic E-state index is -4.43. The molecule has 0 radical (unpaired) electrons. The average Bonchev–Trinajstić information content (AvgIpc) is 2.66. The van der Waals surface area contributed by atoms with E-state index in [4.69, 9.17) is 0 Å². The second kappa shape index (κ2) is 8.52. The summed E-state index contributed by atoms with van der Waals surface area (Å²) in [5.74, 6) is -0.492. The van der Waals surface area contributed by atoms with Crippen LogP contribution in [0, 0.1) is 6.92 Å². The molecule has 1 N–H and O–H groups in total. The molecular weight excluding hydrogens is 403 g/mol. The van der Waals surface area contributed by atoms with Gasteiger partial charge in [0.15, 0.2) is 5.16 Å². The van der Waals surface area contributed by atoms with Crippen molar-refractivity contribution in [1.82, 2.24) is 9.55 Å². The molecule has 9 heteroatoms. The zero-order valence-electron chi connectivity index (χ0n) is 15.2. The Labute approximate surface area is 168 Å². The highest BCUT2D eigenvalue weighted by atomic mass is 32.2. The number of anilines is 1. The van der Waals surface area contributed by atoms with Crippen molar-refractivity contribution in [1.29, 1.82) is 0 Å². The third-order valence-corrected chi connectivity index (χ3v) is 4.80. The summed E-state index contributed by atoms with van der Waals surface area (Å²) < 4.78 is 39.2. The molecule has 29 heavy (non-hydrogen) atoms. The van der Waals surface area contributed by atoms with Crippen molar-refractivity contribution in [3.8, 4) is 5.69 Å². The number of benzene rings is 2. The second-order valence-electron chi connectivity index (χ2n) is 6.10. The van der Waals surface area contributed by atoms with Crippen molar-refractivity contribution in [3.05, 3.63) is 82.3 Å². The summed E-state index contributed by atoms with van der Waals surface area (Å²) in [6.07, 6.45) is -4.43. The fourth-order valence-corrected chi connectivity index (χ4v) is 3.42. The summed E-state index contributed by atoms with van der Waals surface area (Å²) in [7, 11) is 0. The zero-order chi connectivity index (χ0) is 21.0. The molecule has 0 atom stereocenters. The van der Waals surface area contributed by atoms with Crippen LogP contribution in [-0.2, 0) is 11.0 Å². The van der Waals surface area contributed by atoms with E-state index < -0.39 is 17.6 Å². The maximum atomic E-state index is 12.6. The van der Waals surface area contributed by atoms with Gasteiger partial charge >= 0.3 is 6.18 Å². The topological polar surface area (TPSA) is 64.0 Å². The molecule has 1 heterocycles. The van der Waals surface area contributed by atoms with Crippen LogP contribution < -0.4 is 10.9 Å². The second-order valence-corrected chi connectivity index (χ2v) is 7.04. The van der Waals surface area contributed by atoms with Gasteiger partial charge in [-0.25, -0.2) is 4.98 Å². The third kappa shape index (κ3) is 5.26. The molecule has 5 nitrogen and oxygen atoms in total. The van der Waals surface area contributed by atoms with Gasteiger partial charge in [0.05, 0.1) is 17.0 Å². The highest BCUT2D eigenvalue weighted by molar-refractivity contribution is 7.99. The number of nitrogens with zero attached hydrogens (tertiary/aromatic N) is 2. The number of halogens is 3. The van der Waals surface area contributed by atoms with Crippen LogP contribution in [-0.4, -0.2) is 21.2 Å². The van der Waals surface area contributed by atoms with Gasteiger partial charge in [0.1, 0.15) is 0 Å². The van der Waals surface area contributed by atoms with Gasteiger partial charge in [0.2, 0.25) is 5.91 Å². The third-order valence-electron chi connectivity index (χ3n) is 3.86. The van der Waals surface area contributed by atoms with Crippen molar-refractivity contribution >= 4 is 23.4 Å². The predicted octanol–water partition coefficient (Wildman–Crippen LogP) is 4.29. The number of carbonyl (C=O) groups is 1. The minimum absolute atomic E-state index is 0.0657. The molecule has 3 aromatic rings. The maximum Gasteiger partial charge on any atom is 0.416 e. The summed E-state index contributed by atoms with van der Waals surface area (Å²) >= 11 is 1.06. The Kier molecular flexibility index (Phi) is 6.07. The number of amides is 1. The molecule has 0 bridgehead atoms. The van der Waals surface area contributed by atoms with Crippen LogP contribution in [0.5, 0.6) is 0 Å². The zero-order valence-corrected chi connectivity index (χ0v) is 16.1. The number of rotatable bonds is 5. The van der Waals surface area contributed by atoms with E-state index in [9.17, 15) is 22.8 Å². The van der Waals surface area contributed by atoms with Gasteiger partial charge in [-0.15, -0.1) is 0 Å². The monoisotopic (exact) mass is 419 g/mol. The van der Waals surface area contributed by atoms with Crippen LogP contribution in [0.3, 0.4) is 0 Å². The van der Waals surface area contributed by atoms with Crippen molar-refractivity contribution in [2.75, 3.05) is 11.1 Å². The highest BCUT2D eigenvalue weighted by Crippen LogP contribution is 2.29. The maximum absolute atomic E-state index is 12.6. The van der Waals surface area contributed by atoms with Crippen molar-refractivity contribution in [2.45, 2.75) is 18.3 Å². The highest BCUT2D eigenvalue weighted by Gasteiger charge is 2.30. The standard InChI is InChI=1S/C20H16F3N3O2S/c1-13-11-18(28)26(16-5-3-2-4-6-16)19(24-13)29-12-17(27)25-15-9-7-14(8-10-15)20(21,22)23/h2-11H,12H2,1H3,(H,25,27). The molecule has 0 saturated heterocycles. The molecule has 150 valence electrons. The van der Waals surface area contributed by atoms with Crippen molar-refractivity contribution < 1.29 is 18.0 Å². The first kappa shape index (κ1) is 20.7. The fourth-order valence-electron chi connectivity index (χ4n) is 2.55. The van der Waals surface area contributed by atoms with Gasteiger partial charge in [0.25, 0.3) is 5.56 Å². The van der Waals surface area contributed by atoms with Crippen LogP contribution in [0.25, 0.3) is 5.69 Å². The Morgan fingerprint density at radius 2 is 1.76 bits per heavy atom. The molecule has 2 aromatic carbocycles. The molecule has 0 unspecified atom stereocenters. The molecule has 1 aromatic heterocycles. The minimum Gasteiger partial charge on any atom is -0.325 e. The van der Waals surface area contributed by atoms with Crippen LogP contribution in [0.4, 0.5) is 18.9 Å². The van der Waals surface area contributed by atoms with Crippen LogP contribution >= 0.6 is 11.8 Å². The summed E-state index contributed by atoms with van der Waals surface area (Å²) in [6.45, 7) is 1.68. The molecule has 0 aliphatic carbocycles. The first-order valence-corrected chi connectivity index (χ1v) is 9.48. The van der Waals surface area contributed by atoms with Crippen molar-refractivity contribution in [3.63, 3.8) is 0 Å². The predicted molar refractivity (Wildman–Crippen MR) is 105 cm³/mol. The quantitative estimate of drug-likeness (QED) is 0.495. The number of hydrogen-bond acceptors (Lipinski definition) is 4. The molecule has 1 amide bonds. The van der Waals surface area contributed by atoms with Crippen LogP contribution in [0.15, 0.2) is 70.6 Å². The van der Waals surface area contributed by atoms with Gasteiger partial charge in [-0.2, -0.15) is 13.2 Å². The number of carbonyl (C=O) groups excluding carboxylic acids is 1. The molecule has 0 aliphatic heterocycles. The number of para-hydroxylation sites is 1. The fraction of sp³-hybridized carbons (Fsp3) is 0.150. The van der Waals surface area contributed by atoms with E-state index in [1.54, 1.807) is 31.2 Å². The smallest absolute Gasteiger partial charge is 0.325 e. The first-order valence-electron chi connectivity index (χ1n) is 8.50.